The molecule has 0 aliphatic carbocycles. The molecular weight excluding hydrogens is 276 g/mol. The Kier molecular flexibility index (Phi) is 4.73. The van der Waals surface area contributed by atoms with Crippen LogP contribution in [0.3, 0.4) is 0 Å². The zero-order chi connectivity index (χ0) is 14.5. The second kappa shape index (κ2) is 6.92. The number of benzene rings is 1. The Morgan fingerprint density at radius 3 is 2.86 bits per heavy atom. The molecule has 1 N–H and O–H groups in total. The number of hydrogen-bond acceptors (Lipinski definition) is 2. The van der Waals surface area contributed by atoms with E-state index in [9.17, 15) is 0 Å². The van der Waals surface area contributed by atoms with Gasteiger partial charge in [0.25, 0.3) is 0 Å². The fourth-order valence-electron chi connectivity index (χ4n) is 2.80. The van der Waals surface area contributed by atoms with E-state index in [1.165, 1.54) is 27.8 Å². The number of nitrogens with one attached hydrogen (secondary N) is 1. The molecule has 0 fully saturated rings. The molecule has 0 bridgehead atoms. The highest BCUT2D eigenvalue weighted by molar-refractivity contribution is 7.09. The van der Waals surface area contributed by atoms with Gasteiger partial charge < -0.3 is 9.88 Å². The first kappa shape index (κ1) is 14.4. The van der Waals surface area contributed by atoms with Crippen molar-refractivity contribution < 1.29 is 0 Å². The van der Waals surface area contributed by atoms with E-state index in [-0.39, 0.29) is 0 Å². The molecule has 21 heavy (non-hydrogen) atoms. The van der Waals surface area contributed by atoms with Gasteiger partial charge in [-0.15, -0.1) is 11.3 Å². The van der Waals surface area contributed by atoms with Gasteiger partial charge >= 0.3 is 0 Å². The molecule has 3 aromatic rings. The Balaban J connectivity index is 1.83. The number of para-hydroxylation sites is 1. The molecule has 3 heteroatoms. The molecule has 2 nitrogen and oxygen atoms in total. The minimum Gasteiger partial charge on any atom is -0.342 e. The average molecular weight is 298 g/mol. The summed E-state index contributed by atoms with van der Waals surface area (Å²) in [4.78, 5) is 1.41. The van der Waals surface area contributed by atoms with E-state index in [0.717, 1.165) is 26.1 Å². The third-order valence-electron chi connectivity index (χ3n) is 3.83. The Morgan fingerprint density at radius 1 is 1.14 bits per heavy atom. The molecule has 2 heterocycles. The molecule has 3 rings (SSSR count). The van der Waals surface area contributed by atoms with E-state index in [1.54, 1.807) is 0 Å². The molecule has 2 aromatic heterocycles. The molecule has 0 amide bonds. The Bertz CT molecular complexity index is 682. The summed E-state index contributed by atoms with van der Waals surface area (Å²) in [5.74, 6) is 0. The van der Waals surface area contributed by atoms with Crippen molar-refractivity contribution in [3.63, 3.8) is 0 Å². The summed E-state index contributed by atoms with van der Waals surface area (Å²) in [5.41, 5.74) is 2.82. The molecule has 0 aliphatic rings. The summed E-state index contributed by atoms with van der Waals surface area (Å²) in [6, 6.07) is 13.1. The van der Waals surface area contributed by atoms with Gasteiger partial charge in [0.2, 0.25) is 0 Å². The lowest BCUT2D eigenvalue weighted by Crippen LogP contribution is -2.14. The van der Waals surface area contributed by atoms with Crippen LogP contribution in [0.2, 0.25) is 0 Å². The Hall–Kier alpha value is -1.58. The van der Waals surface area contributed by atoms with Gasteiger partial charge in [-0.25, -0.2) is 0 Å². The molecule has 0 unspecified atom stereocenters. The molecule has 0 aliphatic heterocycles. The van der Waals surface area contributed by atoms with Gasteiger partial charge in [-0.05, 0) is 49.0 Å². The van der Waals surface area contributed by atoms with E-state index in [1.807, 2.05) is 11.3 Å². The van der Waals surface area contributed by atoms with Crippen LogP contribution in [-0.2, 0) is 13.0 Å². The van der Waals surface area contributed by atoms with Crippen molar-refractivity contribution in [2.45, 2.75) is 26.3 Å². The highest BCUT2D eigenvalue weighted by atomic mass is 32.1. The third kappa shape index (κ3) is 3.36. The molecule has 0 radical (unpaired) electrons. The van der Waals surface area contributed by atoms with Crippen LogP contribution in [0.4, 0.5) is 0 Å². The van der Waals surface area contributed by atoms with Crippen molar-refractivity contribution in [1.82, 2.24) is 9.88 Å². The van der Waals surface area contributed by atoms with Crippen molar-refractivity contribution in [1.29, 1.82) is 0 Å². The SMILES string of the molecule is CCNCCCc1cn(Cc2cccs2)c2ccccc12. The van der Waals surface area contributed by atoms with Crippen molar-refractivity contribution in [3.8, 4) is 0 Å². The van der Waals surface area contributed by atoms with Crippen molar-refractivity contribution in [3.05, 3.63) is 58.4 Å². The second-order valence-corrected chi connectivity index (χ2v) is 6.37. The van der Waals surface area contributed by atoms with E-state index >= 15 is 0 Å². The van der Waals surface area contributed by atoms with Gasteiger partial charge in [-0.1, -0.05) is 31.2 Å². The molecule has 0 saturated carbocycles. The Labute approximate surface area is 130 Å². The quantitative estimate of drug-likeness (QED) is 0.644. The lowest BCUT2D eigenvalue weighted by Gasteiger charge is -2.02. The number of fused-ring (bicyclic) bond motifs is 1. The fraction of sp³-hybridized carbons (Fsp3) is 0.333. The molecule has 1 aromatic carbocycles. The molecule has 0 spiro atoms. The van der Waals surface area contributed by atoms with Gasteiger partial charge in [0, 0.05) is 22.0 Å². The lowest BCUT2D eigenvalue weighted by molar-refractivity contribution is 0.672. The van der Waals surface area contributed by atoms with Gasteiger partial charge in [0.1, 0.15) is 0 Å². The predicted molar refractivity (Wildman–Crippen MR) is 92.2 cm³/mol. The van der Waals surface area contributed by atoms with Crippen LogP contribution in [0.15, 0.2) is 48.0 Å². The van der Waals surface area contributed by atoms with Crippen LogP contribution in [0.1, 0.15) is 23.8 Å². The van der Waals surface area contributed by atoms with Gasteiger partial charge in [-0.3, -0.25) is 0 Å². The normalized spacial score (nSPS) is 11.3. The number of thiophene rings is 1. The first-order valence-electron chi connectivity index (χ1n) is 7.68. The van der Waals surface area contributed by atoms with Crippen molar-refractivity contribution in [2.24, 2.45) is 0 Å². The number of aromatic nitrogens is 1. The van der Waals surface area contributed by atoms with Crippen LogP contribution >= 0.6 is 11.3 Å². The maximum absolute atomic E-state index is 3.40. The van der Waals surface area contributed by atoms with Crippen LogP contribution in [0.25, 0.3) is 10.9 Å². The summed E-state index contributed by atoms with van der Waals surface area (Å²) in [6.45, 7) is 5.29. The molecule has 0 atom stereocenters. The van der Waals surface area contributed by atoms with Crippen LogP contribution < -0.4 is 5.32 Å². The molecular formula is C18H22N2S. The largest absolute Gasteiger partial charge is 0.342 e. The van der Waals surface area contributed by atoms with E-state index in [4.69, 9.17) is 0 Å². The van der Waals surface area contributed by atoms with Crippen LogP contribution in [-0.4, -0.2) is 17.7 Å². The maximum atomic E-state index is 3.40. The third-order valence-corrected chi connectivity index (χ3v) is 4.69. The minimum absolute atomic E-state index is 0.978. The van der Waals surface area contributed by atoms with Gasteiger partial charge in [-0.2, -0.15) is 0 Å². The number of nitrogens with zero attached hydrogens (tertiary/aromatic N) is 1. The molecule has 110 valence electrons. The fourth-order valence-corrected chi connectivity index (χ4v) is 3.51. The van der Waals surface area contributed by atoms with Gasteiger partial charge in [0.05, 0.1) is 6.54 Å². The highest BCUT2D eigenvalue weighted by Gasteiger charge is 2.08. The van der Waals surface area contributed by atoms with Crippen molar-refractivity contribution >= 4 is 22.2 Å². The van der Waals surface area contributed by atoms with E-state index in [0.29, 0.717) is 0 Å². The van der Waals surface area contributed by atoms with Crippen LogP contribution in [0, 0.1) is 0 Å². The average Bonchev–Trinajstić information content (AvgIpc) is 3.13. The van der Waals surface area contributed by atoms with Crippen LogP contribution in [0.5, 0.6) is 0 Å². The van der Waals surface area contributed by atoms with E-state index < -0.39 is 0 Å². The highest BCUT2D eigenvalue weighted by Crippen LogP contribution is 2.24. The van der Waals surface area contributed by atoms with Crippen molar-refractivity contribution in [2.75, 3.05) is 13.1 Å². The summed E-state index contributed by atoms with van der Waals surface area (Å²) in [7, 11) is 0. The summed E-state index contributed by atoms with van der Waals surface area (Å²) < 4.78 is 2.39. The summed E-state index contributed by atoms with van der Waals surface area (Å²) >= 11 is 1.83. The smallest absolute Gasteiger partial charge is 0.0569 e. The van der Waals surface area contributed by atoms with Gasteiger partial charge in [0.15, 0.2) is 0 Å². The first-order valence-corrected chi connectivity index (χ1v) is 8.56. The lowest BCUT2D eigenvalue weighted by atomic mass is 10.1. The topological polar surface area (TPSA) is 17.0 Å². The zero-order valence-corrected chi connectivity index (χ0v) is 13.3. The second-order valence-electron chi connectivity index (χ2n) is 5.34. The standard InChI is InChI=1S/C18H22N2S/c1-2-19-11-5-7-15-13-20(14-16-8-6-12-21-16)18-10-4-3-9-17(15)18/h3-4,6,8-10,12-13,19H,2,5,7,11,14H2,1H3. The number of hydrogen-bond donors (Lipinski definition) is 1. The Morgan fingerprint density at radius 2 is 2.05 bits per heavy atom. The summed E-state index contributed by atoms with van der Waals surface area (Å²) in [6.07, 6.45) is 4.68. The maximum Gasteiger partial charge on any atom is 0.0569 e. The molecule has 0 saturated heterocycles. The predicted octanol–water partition coefficient (Wildman–Crippen LogP) is 4.29. The number of rotatable bonds is 7. The number of aryl methyl sites for hydroxylation is 1. The first-order chi connectivity index (χ1) is 10.4. The zero-order valence-electron chi connectivity index (χ0n) is 12.5. The van der Waals surface area contributed by atoms with E-state index in [2.05, 4.69) is 64.8 Å². The minimum atomic E-state index is 0.978. The monoisotopic (exact) mass is 298 g/mol. The summed E-state index contributed by atoms with van der Waals surface area (Å²) in [5, 5.41) is 6.96.